The van der Waals surface area contributed by atoms with E-state index in [9.17, 15) is 13.2 Å². The molecule has 1 aromatic rings. The minimum Gasteiger partial charge on any atom is -0.491 e. The Labute approximate surface area is 121 Å². The van der Waals surface area contributed by atoms with E-state index < -0.39 is 5.51 Å². The maximum absolute atomic E-state index is 11.9. The Morgan fingerprint density at radius 1 is 1.35 bits per heavy atom. The number of aromatic nitrogens is 1. The zero-order valence-corrected chi connectivity index (χ0v) is 12.4. The summed E-state index contributed by atoms with van der Waals surface area (Å²) < 4.78 is 40.9. The third-order valence-corrected chi connectivity index (χ3v) is 2.97. The summed E-state index contributed by atoms with van der Waals surface area (Å²) in [4.78, 5) is 4.19. The van der Waals surface area contributed by atoms with Crippen LogP contribution in [-0.4, -0.2) is 29.4 Å². The van der Waals surface area contributed by atoms with E-state index in [-0.39, 0.29) is 24.1 Å². The van der Waals surface area contributed by atoms with Gasteiger partial charge in [0.15, 0.2) is 0 Å². The molecule has 114 valence electrons. The van der Waals surface area contributed by atoms with Crippen LogP contribution in [-0.2, 0) is 6.54 Å². The summed E-state index contributed by atoms with van der Waals surface area (Å²) in [6, 6.07) is 3.53. The van der Waals surface area contributed by atoms with Crippen LogP contribution < -0.4 is 10.1 Å². The molecule has 1 heterocycles. The van der Waals surface area contributed by atoms with Crippen LogP contribution >= 0.6 is 11.8 Å². The summed E-state index contributed by atoms with van der Waals surface area (Å²) in [6.45, 7) is 5.83. The number of halogens is 3. The van der Waals surface area contributed by atoms with Crippen molar-refractivity contribution in [3.05, 3.63) is 24.0 Å². The van der Waals surface area contributed by atoms with E-state index in [1.54, 1.807) is 12.1 Å². The van der Waals surface area contributed by atoms with Crippen molar-refractivity contribution in [2.24, 2.45) is 5.92 Å². The van der Waals surface area contributed by atoms with Crippen molar-refractivity contribution in [3.8, 4) is 5.75 Å². The van der Waals surface area contributed by atoms with Crippen molar-refractivity contribution in [2.45, 2.75) is 25.9 Å². The molecule has 0 aliphatic heterocycles. The molecule has 0 fully saturated rings. The van der Waals surface area contributed by atoms with Crippen molar-refractivity contribution in [1.29, 1.82) is 0 Å². The van der Waals surface area contributed by atoms with Gasteiger partial charge in [0.1, 0.15) is 5.75 Å². The Balaban J connectivity index is 2.25. The molecule has 0 aliphatic rings. The second-order valence-electron chi connectivity index (χ2n) is 4.65. The number of nitrogens with zero attached hydrogens (tertiary/aromatic N) is 1. The molecule has 0 spiro atoms. The fourth-order valence-electron chi connectivity index (χ4n) is 1.41. The highest BCUT2D eigenvalue weighted by Crippen LogP contribution is 2.29. The Morgan fingerprint density at radius 3 is 2.65 bits per heavy atom. The van der Waals surface area contributed by atoms with Crippen LogP contribution in [0.3, 0.4) is 0 Å². The summed E-state index contributed by atoms with van der Waals surface area (Å²) in [6.07, 6.45) is 1.53. The number of hydrogen-bond acceptors (Lipinski definition) is 4. The van der Waals surface area contributed by atoms with E-state index in [0.717, 1.165) is 12.2 Å². The van der Waals surface area contributed by atoms with Crippen LogP contribution in [0.2, 0.25) is 0 Å². The molecule has 0 amide bonds. The lowest BCUT2D eigenvalue weighted by molar-refractivity contribution is -0.0329. The monoisotopic (exact) mass is 308 g/mol. The summed E-state index contributed by atoms with van der Waals surface area (Å²) in [5.74, 6) is 0.936. The van der Waals surface area contributed by atoms with E-state index in [1.165, 1.54) is 6.20 Å². The molecule has 0 aliphatic carbocycles. The van der Waals surface area contributed by atoms with Gasteiger partial charge in [-0.05, 0) is 36.4 Å². The fourth-order valence-corrected chi connectivity index (χ4v) is 1.80. The number of rotatable bonds is 8. The second kappa shape index (κ2) is 8.36. The van der Waals surface area contributed by atoms with Crippen LogP contribution in [0.4, 0.5) is 13.2 Å². The van der Waals surface area contributed by atoms with Gasteiger partial charge in [0.25, 0.3) is 0 Å². The summed E-state index contributed by atoms with van der Waals surface area (Å²) in [7, 11) is 0. The lowest BCUT2D eigenvalue weighted by Crippen LogP contribution is -2.19. The Kier molecular flexibility index (Phi) is 7.15. The van der Waals surface area contributed by atoms with Crippen molar-refractivity contribution in [3.63, 3.8) is 0 Å². The number of nitrogens with one attached hydrogen (secondary N) is 1. The number of thioether (sulfide) groups is 1. The first-order chi connectivity index (χ1) is 9.37. The molecular weight excluding hydrogens is 289 g/mol. The second-order valence-corrected chi connectivity index (χ2v) is 5.81. The first kappa shape index (κ1) is 17.1. The van der Waals surface area contributed by atoms with Gasteiger partial charge < -0.3 is 10.1 Å². The third-order valence-electron chi connectivity index (χ3n) is 2.27. The molecule has 0 radical (unpaired) electrons. The molecule has 1 N–H and O–H groups in total. The van der Waals surface area contributed by atoms with Gasteiger partial charge in [0.05, 0.1) is 18.5 Å². The van der Waals surface area contributed by atoms with Gasteiger partial charge in [-0.2, -0.15) is 13.2 Å². The van der Waals surface area contributed by atoms with Crippen LogP contribution in [0.15, 0.2) is 18.3 Å². The normalized spacial score (nSPS) is 11.9. The zero-order chi connectivity index (χ0) is 15.0. The van der Waals surface area contributed by atoms with Crippen molar-refractivity contribution in [1.82, 2.24) is 10.3 Å². The minimum atomic E-state index is -4.20. The van der Waals surface area contributed by atoms with Crippen molar-refractivity contribution < 1.29 is 17.9 Å². The molecule has 0 bridgehead atoms. The van der Waals surface area contributed by atoms with Gasteiger partial charge in [-0.15, -0.1) is 0 Å². The largest absolute Gasteiger partial charge is 0.491 e. The molecule has 0 atom stereocenters. The van der Waals surface area contributed by atoms with E-state index in [2.05, 4.69) is 24.1 Å². The quantitative estimate of drug-likeness (QED) is 0.746. The molecule has 0 aromatic carbocycles. The number of pyridine rings is 1. The molecule has 0 saturated heterocycles. The van der Waals surface area contributed by atoms with E-state index in [4.69, 9.17) is 4.74 Å². The maximum Gasteiger partial charge on any atom is 0.441 e. The highest BCUT2D eigenvalue weighted by molar-refractivity contribution is 8.00. The smallest absolute Gasteiger partial charge is 0.441 e. The van der Waals surface area contributed by atoms with Gasteiger partial charge in [-0.25, -0.2) is 0 Å². The summed E-state index contributed by atoms with van der Waals surface area (Å²) >= 11 is -0.0857. The van der Waals surface area contributed by atoms with Gasteiger partial charge >= 0.3 is 5.51 Å². The molecule has 1 aromatic heterocycles. The number of alkyl halides is 3. The Hall–Kier alpha value is -0.950. The predicted octanol–water partition coefficient (Wildman–Crippen LogP) is 3.46. The topological polar surface area (TPSA) is 34.1 Å². The van der Waals surface area contributed by atoms with Crippen LogP contribution in [0.5, 0.6) is 5.75 Å². The Morgan fingerprint density at radius 2 is 2.10 bits per heavy atom. The van der Waals surface area contributed by atoms with E-state index in [0.29, 0.717) is 18.2 Å². The number of hydrogen-bond donors (Lipinski definition) is 1. The molecule has 1 rings (SSSR count). The minimum absolute atomic E-state index is 0.0107. The van der Waals surface area contributed by atoms with Gasteiger partial charge in [0, 0.05) is 12.3 Å². The average Bonchev–Trinajstić information content (AvgIpc) is 2.35. The number of ether oxygens (including phenoxy) is 1. The molecule has 20 heavy (non-hydrogen) atoms. The molecule has 0 unspecified atom stereocenters. The van der Waals surface area contributed by atoms with Gasteiger partial charge in [-0.3, -0.25) is 4.98 Å². The predicted molar refractivity (Wildman–Crippen MR) is 74.8 cm³/mol. The molecule has 7 heteroatoms. The average molecular weight is 308 g/mol. The zero-order valence-electron chi connectivity index (χ0n) is 11.5. The summed E-state index contributed by atoms with van der Waals surface area (Å²) in [5, 5.41) is 3.26. The van der Waals surface area contributed by atoms with Crippen LogP contribution in [0.25, 0.3) is 0 Å². The molecule has 3 nitrogen and oxygen atoms in total. The van der Waals surface area contributed by atoms with Gasteiger partial charge in [0.2, 0.25) is 0 Å². The fraction of sp³-hybridized carbons (Fsp3) is 0.615. The van der Waals surface area contributed by atoms with Crippen molar-refractivity contribution in [2.75, 3.05) is 18.9 Å². The summed E-state index contributed by atoms with van der Waals surface area (Å²) in [5.41, 5.74) is -3.32. The highest BCUT2D eigenvalue weighted by Gasteiger charge is 2.27. The maximum atomic E-state index is 11.9. The van der Waals surface area contributed by atoms with Crippen LogP contribution in [0.1, 0.15) is 19.5 Å². The molecular formula is C13H19F3N2OS. The Bertz CT molecular complexity index is 382. The van der Waals surface area contributed by atoms with Crippen molar-refractivity contribution >= 4 is 11.8 Å². The van der Waals surface area contributed by atoms with E-state index in [1.807, 2.05) is 0 Å². The standard InChI is InChI=1S/C13H19F3N2OS/c1-10(2)7-17-8-11-3-4-12(9-18-11)19-5-6-20-13(14,15)16/h3-4,9-10,17H,5-8H2,1-2H3. The first-order valence-electron chi connectivity index (χ1n) is 6.36. The third kappa shape index (κ3) is 8.27. The highest BCUT2D eigenvalue weighted by atomic mass is 32.2. The van der Waals surface area contributed by atoms with Gasteiger partial charge in [-0.1, -0.05) is 13.8 Å². The molecule has 0 saturated carbocycles. The SMILES string of the molecule is CC(C)CNCc1ccc(OCCSC(F)(F)F)cn1. The van der Waals surface area contributed by atoms with E-state index >= 15 is 0 Å². The first-order valence-corrected chi connectivity index (χ1v) is 7.34. The lowest BCUT2D eigenvalue weighted by atomic mass is 10.2. The van der Waals surface area contributed by atoms with Crippen LogP contribution in [0, 0.1) is 5.92 Å². The lowest BCUT2D eigenvalue weighted by Gasteiger charge is -2.09.